The van der Waals surface area contributed by atoms with Crippen LogP contribution in [0, 0.1) is 11.3 Å². The largest absolute Gasteiger partial charge is 0.356 e. The molecule has 2 heteroatoms. The van der Waals surface area contributed by atoms with Crippen LogP contribution in [0.4, 0.5) is 0 Å². The van der Waals surface area contributed by atoms with Gasteiger partial charge in [-0.1, -0.05) is 52.9 Å². The normalized spacial score (nSPS) is 21.8. The lowest BCUT2D eigenvalue weighted by Gasteiger charge is -2.06. The smallest absolute Gasteiger partial charge is 0.223 e. The lowest BCUT2D eigenvalue weighted by atomic mass is 10.1. The second-order valence-electron chi connectivity index (χ2n) is 5.80. The third-order valence-electron chi connectivity index (χ3n) is 3.66. The molecule has 16 heavy (non-hydrogen) atoms. The third kappa shape index (κ3) is 4.54. The number of hydrogen-bond donors (Lipinski definition) is 1. The number of carbonyl (C=O) groups excluding carboxylic acids is 1. The van der Waals surface area contributed by atoms with Crippen LogP contribution in [0.2, 0.25) is 0 Å². The first-order valence-electron chi connectivity index (χ1n) is 6.85. The lowest BCUT2D eigenvalue weighted by Crippen LogP contribution is -2.27. The van der Waals surface area contributed by atoms with Gasteiger partial charge in [0, 0.05) is 12.5 Å². The Hall–Kier alpha value is -0.530. The molecule has 0 aromatic rings. The number of rotatable bonds is 8. The zero-order valence-electron chi connectivity index (χ0n) is 11.1. The number of nitrogens with one attached hydrogen (secondary N) is 1. The molecule has 1 unspecified atom stereocenters. The summed E-state index contributed by atoms with van der Waals surface area (Å²) in [6.07, 6.45) is 8.78. The van der Waals surface area contributed by atoms with Gasteiger partial charge in [0.1, 0.15) is 0 Å². The number of amides is 1. The summed E-state index contributed by atoms with van der Waals surface area (Å²) in [5.41, 5.74) is 0.269. The van der Waals surface area contributed by atoms with E-state index in [1.54, 1.807) is 0 Å². The van der Waals surface area contributed by atoms with Gasteiger partial charge in [0.25, 0.3) is 0 Å². The van der Waals surface area contributed by atoms with Crippen LogP contribution >= 0.6 is 0 Å². The van der Waals surface area contributed by atoms with Crippen molar-refractivity contribution in [1.82, 2.24) is 5.32 Å². The van der Waals surface area contributed by atoms with Gasteiger partial charge in [-0.05, 0) is 18.3 Å². The first-order valence-corrected chi connectivity index (χ1v) is 6.85. The highest BCUT2D eigenvalue weighted by molar-refractivity contribution is 5.82. The summed E-state index contributed by atoms with van der Waals surface area (Å²) in [5, 5.41) is 3.05. The summed E-state index contributed by atoms with van der Waals surface area (Å²) in [4.78, 5) is 11.6. The quantitative estimate of drug-likeness (QED) is 0.629. The van der Waals surface area contributed by atoms with Crippen LogP contribution < -0.4 is 5.32 Å². The van der Waals surface area contributed by atoms with E-state index in [1.807, 2.05) is 0 Å². The molecule has 0 saturated heterocycles. The van der Waals surface area contributed by atoms with E-state index in [-0.39, 0.29) is 17.2 Å². The molecule has 0 bridgehead atoms. The molecule has 0 spiro atoms. The molecule has 0 heterocycles. The molecule has 1 amide bonds. The minimum absolute atomic E-state index is 0.269. The molecule has 1 atom stereocenters. The van der Waals surface area contributed by atoms with Gasteiger partial charge in [0.15, 0.2) is 0 Å². The average Bonchev–Trinajstić information content (AvgIpc) is 2.86. The van der Waals surface area contributed by atoms with E-state index >= 15 is 0 Å². The maximum atomic E-state index is 11.6. The fraction of sp³-hybridized carbons (Fsp3) is 0.929. The molecule has 2 nitrogen and oxygen atoms in total. The molecule has 94 valence electrons. The maximum absolute atomic E-state index is 11.6. The van der Waals surface area contributed by atoms with Crippen molar-refractivity contribution in [2.45, 2.75) is 65.7 Å². The fourth-order valence-electron chi connectivity index (χ4n) is 2.15. The number of unbranched alkanes of at least 4 members (excludes halogenated alkanes) is 5. The van der Waals surface area contributed by atoms with Crippen molar-refractivity contribution >= 4 is 5.91 Å². The summed E-state index contributed by atoms with van der Waals surface area (Å²) in [6, 6.07) is 0. The Morgan fingerprint density at radius 2 is 1.75 bits per heavy atom. The number of carbonyl (C=O) groups is 1. The Morgan fingerprint density at radius 1 is 1.19 bits per heavy atom. The second-order valence-corrected chi connectivity index (χ2v) is 5.80. The highest BCUT2D eigenvalue weighted by Crippen LogP contribution is 2.51. The van der Waals surface area contributed by atoms with E-state index in [2.05, 4.69) is 26.1 Å². The zero-order chi connectivity index (χ0) is 12.0. The van der Waals surface area contributed by atoms with Crippen LogP contribution in [0.1, 0.15) is 65.7 Å². The highest BCUT2D eigenvalue weighted by Gasteiger charge is 2.50. The molecule has 0 aliphatic heterocycles. The molecule has 0 aromatic heterocycles. The molecule has 1 rings (SSSR count). The van der Waals surface area contributed by atoms with Crippen molar-refractivity contribution in [3.8, 4) is 0 Å². The van der Waals surface area contributed by atoms with Gasteiger partial charge in [0.2, 0.25) is 5.91 Å². The van der Waals surface area contributed by atoms with Gasteiger partial charge < -0.3 is 5.32 Å². The summed E-state index contributed by atoms with van der Waals surface area (Å²) in [7, 11) is 0. The third-order valence-corrected chi connectivity index (χ3v) is 3.66. The van der Waals surface area contributed by atoms with Crippen LogP contribution in [0.15, 0.2) is 0 Å². The van der Waals surface area contributed by atoms with E-state index in [1.165, 1.54) is 32.1 Å². The Kier molecular flexibility index (Phi) is 5.30. The van der Waals surface area contributed by atoms with Gasteiger partial charge >= 0.3 is 0 Å². The van der Waals surface area contributed by atoms with E-state index in [0.29, 0.717) is 0 Å². The maximum Gasteiger partial charge on any atom is 0.223 e. The predicted molar refractivity (Wildman–Crippen MR) is 68.3 cm³/mol. The van der Waals surface area contributed by atoms with Crippen molar-refractivity contribution < 1.29 is 4.79 Å². The summed E-state index contributed by atoms with van der Waals surface area (Å²) in [5.74, 6) is 0.561. The summed E-state index contributed by atoms with van der Waals surface area (Å²) in [6.45, 7) is 7.44. The van der Waals surface area contributed by atoms with E-state index in [9.17, 15) is 4.79 Å². The monoisotopic (exact) mass is 225 g/mol. The van der Waals surface area contributed by atoms with Crippen molar-refractivity contribution in [2.24, 2.45) is 11.3 Å². The first kappa shape index (κ1) is 13.5. The van der Waals surface area contributed by atoms with Crippen LogP contribution in [-0.4, -0.2) is 12.5 Å². The Bertz CT molecular complexity index is 223. The molecular weight excluding hydrogens is 198 g/mol. The van der Waals surface area contributed by atoms with E-state index in [0.717, 1.165) is 19.4 Å². The van der Waals surface area contributed by atoms with E-state index in [4.69, 9.17) is 0 Å². The minimum Gasteiger partial charge on any atom is -0.356 e. The molecule has 1 saturated carbocycles. The lowest BCUT2D eigenvalue weighted by molar-refractivity contribution is -0.122. The highest BCUT2D eigenvalue weighted by atomic mass is 16.2. The van der Waals surface area contributed by atoms with Crippen molar-refractivity contribution in [3.63, 3.8) is 0 Å². The molecule has 0 aromatic carbocycles. The standard InChI is InChI=1S/C14H27NO/c1-4-5-6-7-8-9-10-15-13(16)12-11-14(12,2)3/h12H,4-11H2,1-3H3,(H,15,16). The van der Waals surface area contributed by atoms with Crippen LogP contribution in [0.3, 0.4) is 0 Å². The molecule has 1 N–H and O–H groups in total. The average molecular weight is 225 g/mol. The zero-order valence-corrected chi connectivity index (χ0v) is 11.1. The summed E-state index contributed by atoms with van der Waals surface area (Å²) < 4.78 is 0. The van der Waals surface area contributed by atoms with Crippen molar-refractivity contribution in [1.29, 1.82) is 0 Å². The van der Waals surface area contributed by atoms with Gasteiger partial charge in [-0.15, -0.1) is 0 Å². The Balaban J connectivity index is 1.90. The first-order chi connectivity index (χ1) is 7.58. The van der Waals surface area contributed by atoms with Crippen molar-refractivity contribution in [2.75, 3.05) is 6.54 Å². The van der Waals surface area contributed by atoms with Crippen molar-refractivity contribution in [3.05, 3.63) is 0 Å². The topological polar surface area (TPSA) is 29.1 Å². The molecule has 1 aliphatic rings. The summed E-state index contributed by atoms with van der Waals surface area (Å²) >= 11 is 0. The van der Waals surface area contributed by atoms with Gasteiger partial charge in [-0.25, -0.2) is 0 Å². The molecular formula is C14H27NO. The van der Waals surface area contributed by atoms with Crippen LogP contribution in [0.5, 0.6) is 0 Å². The predicted octanol–water partition coefficient (Wildman–Crippen LogP) is 3.51. The SMILES string of the molecule is CCCCCCCCNC(=O)C1CC1(C)C. The molecule has 1 fully saturated rings. The van der Waals surface area contributed by atoms with Gasteiger partial charge in [-0.2, -0.15) is 0 Å². The Labute approximate surface area is 100 Å². The fourth-order valence-corrected chi connectivity index (χ4v) is 2.15. The number of hydrogen-bond acceptors (Lipinski definition) is 1. The van der Waals surface area contributed by atoms with Gasteiger partial charge in [0.05, 0.1) is 0 Å². The molecule has 1 aliphatic carbocycles. The minimum atomic E-state index is 0.269. The van der Waals surface area contributed by atoms with Crippen LogP contribution in [-0.2, 0) is 4.79 Å². The molecule has 0 radical (unpaired) electrons. The van der Waals surface area contributed by atoms with E-state index < -0.39 is 0 Å². The van der Waals surface area contributed by atoms with Crippen LogP contribution in [0.25, 0.3) is 0 Å². The Morgan fingerprint density at radius 3 is 2.31 bits per heavy atom. The van der Waals surface area contributed by atoms with Gasteiger partial charge in [-0.3, -0.25) is 4.79 Å². The second kappa shape index (κ2) is 6.27.